The van der Waals surface area contributed by atoms with Crippen molar-refractivity contribution in [3.8, 4) is 62.1 Å². The second kappa shape index (κ2) is 15.5. The molecule has 0 saturated carbocycles. The lowest BCUT2D eigenvalue weighted by Crippen LogP contribution is -2.31. The van der Waals surface area contributed by atoms with E-state index in [9.17, 15) is 0 Å². The summed E-state index contributed by atoms with van der Waals surface area (Å²) in [5, 5.41) is 2.13. The minimum Gasteiger partial charge on any atom is -0.458 e. The summed E-state index contributed by atoms with van der Waals surface area (Å²) in [5.41, 5.74) is 7.23. The van der Waals surface area contributed by atoms with E-state index in [2.05, 4.69) is 62.0 Å². The van der Waals surface area contributed by atoms with Gasteiger partial charge in [0.1, 0.15) is 17.3 Å². The highest BCUT2D eigenvalue weighted by Gasteiger charge is 2.22. The van der Waals surface area contributed by atoms with Crippen LogP contribution >= 0.6 is 0 Å². The molecule has 0 atom stereocenters. The molecule has 8 aromatic carbocycles. The van der Waals surface area contributed by atoms with Crippen molar-refractivity contribution in [2.45, 2.75) is 26.2 Å². The molecule has 0 fully saturated rings. The molecule has 0 saturated heterocycles. The molecule has 0 N–H and O–H groups in total. The fourth-order valence-corrected chi connectivity index (χ4v) is 8.41. The van der Waals surface area contributed by atoms with Gasteiger partial charge >= 0.3 is 0 Å². The average Bonchev–Trinajstić information content (AvgIpc) is 3.95. The number of nitrogens with zero attached hydrogens (tertiary/aromatic N) is 4. The van der Waals surface area contributed by atoms with Crippen LogP contribution in [0.15, 0.2) is 212 Å². The van der Waals surface area contributed by atoms with Crippen LogP contribution < -0.4 is 9.30 Å². The summed E-state index contributed by atoms with van der Waals surface area (Å²) in [5.74, 6) is 1.91. The van der Waals surface area contributed by atoms with Crippen LogP contribution in [-0.2, 0) is 5.41 Å². The molecule has 0 bridgehead atoms. The van der Waals surface area contributed by atoms with Gasteiger partial charge in [-0.15, -0.1) is 0 Å². The van der Waals surface area contributed by atoms with Crippen LogP contribution in [0.25, 0.3) is 83.4 Å². The Balaban J connectivity index is 1.11. The largest absolute Gasteiger partial charge is 0.458 e. The Bertz CT molecular complexity index is 4020. The van der Waals surface area contributed by atoms with Gasteiger partial charge in [0.05, 0.1) is 47.1 Å². The van der Waals surface area contributed by atoms with E-state index in [1.54, 1.807) is 41.0 Å². The normalized spacial score (nSPS) is 14.0. The molecule has 0 radical (unpaired) electrons. The Labute approximate surface area is 381 Å². The minimum absolute atomic E-state index is 0.00417. The number of hydrogen-bond acceptors (Lipinski definition) is 2. The number of para-hydroxylation sites is 3. The maximum absolute atomic E-state index is 9.00. The molecule has 0 aliphatic carbocycles. The number of pyridine rings is 1. The number of aromatic nitrogens is 4. The molecular formula is C58H44N4O. The molecule has 302 valence electrons. The van der Waals surface area contributed by atoms with Gasteiger partial charge < -0.3 is 4.74 Å². The van der Waals surface area contributed by atoms with E-state index in [1.807, 2.05) is 89.6 Å². The standard InChI is InChI=1S/C58H44N4O/c1-58(2,3)42-34-35-59-56(36-42)62-53-30-15-13-27-49(53)50-33-32-45(38-55(50)62)63-44-23-16-22-43(37-44)60-39-61(52-29-14-12-25-47(52)41-20-8-5-9-21-41)57-51(28-17-31-54(57)60)48-26-11-10-24-46(48)40-18-6-4-7-19-40/h4-38H,1-3H3/i4D,5D,6D,7D,8D,9D,18D,19D,20D,21D. The molecule has 3 aromatic heterocycles. The number of hydrogen-bond donors (Lipinski definition) is 0. The smallest absolute Gasteiger partial charge is 0.269 e. The van der Waals surface area contributed by atoms with Crippen molar-refractivity contribution in [1.82, 2.24) is 14.1 Å². The van der Waals surface area contributed by atoms with Crippen LogP contribution in [0.1, 0.15) is 40.0 Å². The molecule has 0 unspecified atom stereocenters. The van der Waals surface area contributed by atoms with Crippen LogP contribution in [-0.4, -0.2) is 14.1 Å². The Morgan fingerprint density at radius 3 is 1.98 bits per heavy atom. The molecule has 0 spiro atoms. The third-order valence-electron chi connectivity index (χ3n) is 11.4. The molecule has 11 aromatic rings. The van der Waals surface area contributed by atoms with Gasteiger partial charge in [-0.1, -0.05) is 166 Å². The van der Waals surface area contributed by atoms with Crippen molar-refractivity contribution in [1.29, 1.82) is 0 Å². The minimum atomic E-state index is -0.508. The lowest BCUT2D eigenvalue weighted by Gasteiger charge is -2.20. The Morgan fingerprint density at radius 1 is 0.556 bits per heavy atom. The maximum Gasteiger partial charge on any atom is 0.269 e. The van der Waals surface area contributed by atoms with Crippen molar-refractivity contribution >= 4 is 32.8 Å². The second-order valence-electron chi connectivity index (χ2n) is 16.3. The summed E-state index contributed by atoms with van der Waals surface area (Å²) < 4.78 is 99.3. The van der Waals surface area contributed by atoms with Crippen LogP contribution in [0.4, 0.5) is 0 Å². The number of benzene rings is 8. The molecule has 0 aliphatic heterocycles. The molecule has 0 amide bonds. The summed E-state index contributed by atoms with van der Waals surface area (Å²) in [6, 6.07) is 41.5. The van der Waals surface area contributed by atoms with E-state index in [0.717, 1.165) is 33.2 Å². The number of ether oxygens (including phenoxy) is 1. The van der Waals surface area contributed by atoms with Gasteiger partial charge in [-0.2, -0.15) is 0 Å². The lowest BCUT2D eigenvalue weighted by molar-refractivity contribution is -0.571. The van der Waals surface area contributed by atoms with Crippen LogP contribution in [0.3, 0.4) is 0 Å². The van der Waals surface area contributed by atoms with Crippen LogP contribution in [0.5, 0.6) is 11.5 Å². The predicted molar refractivity (Wildman–Crippen MR) is 257 cm³/mol. The zero-order chi connectivity index (χ0) is 51.2. The number of fused-ring (bicyclic) bond motifs is 4. The highest BCUT2D eigenvalue weighted by Crippen LogP contribution is 2.39. The van der Waals surface area contributed by atoms with E-state index in [0.29, 0.717) is 56.2 Å². The number of rotatable bonds is 8. The zero-order valence-corrected chi connectivity index (χ0v) is 34.6. The van der Waals surface area contributed by atoms with E-state index in [-0.39, 0.29) is 40.7 Å². The molecule has 0 aliphatic rings. The fraction of sp³-hybridized carbons (Fsp3) is 0.0690. The first-order chi connectivity index (χ1) is 35.0. The first-order valence-electron chi connectivity index (χ1n) is 25.6. The molecule has 5 nitrogen and oxygen atoms in total. The summed E-state index contributed by atoms with van der Waals surface area (Å²) in [6.45, 7) is 6.55. The van der Waals surface area contributed by atoms with Crippen molar-refractivity contribution in [2.24, 2.45) is 0 Å². The molecule has 11 rings (SSSR count). The first-order valence-corrected chi connectivity index (χ1v) is 20.6. The summed E-state index contributed by atoms with van der Waals surface area (Å²) >= 11 is 0. The molecule has 5 heteroatoms. The maximum atomic E-state index is 9.00. The number of imidazole rings is 1. The van der Waals surface area contributed by atoms with E-state index in [4.69, 9.17) is 23.4 Å². The van der Waals surface area contributed by atoms with Gasteiger partial charge in [0.2, 0.25) is 0 Å². The molecule has 63 heavy (non-hydrogen) atoms. The zero-order valence-electron chi connectivity index (χ0n) is 44.6. The summed E-state index contributed by atoms with van der Waals surface area (Å²) in [4.78, 5) is 4.84. The Kier molecular flexibility index (Phi) is 7.00. The second-order valence-corrected chi connectivity index (χ2v) is 16.3. The van der Waals surface area contributed by atoms with E-state index in [1.165, 1.54) is 0 Å². The van der Waals surface area contributed by atoms with Crippen molar-refractivity contribution in [3.63, 3.8) is 0 Å². The first kappa shape index (κ1) is 28.5. The van der Waals surface area contributed by atoms with Crippen molar-refractivity contribution < 1.29 is 23.0 Å². The van der Waals surface area contributed by atoms with Gasteiger partial charge in [-0.25, -0.2) is 4.98 Å². The quantitative estimate of drug-likeness (QED) is 0.113. The monoisotopic (exact) mass is 822 g/mol. The van der Waals surface area contributed by atoms with Gasteiger partial charge in [0.25, 0.3) is 6.33 Å². The lowest BCUT2D eigenvalue weighted by atomic mass is 9.88. The topological polar surface area (TPSA) is 35.9 Å². The van der Waals surface area contributed by atoms with Gasteiger partial charge in [-0.05, 0) is 99.0 Å². The Morgan fingerprint density at radius 2 is 1.19 bits per heavy atom. The average molecular weight is 823 g/mol. The molecule has 3 heterocycles. The van der Waals surface area contributed by atoms with Crippen LogP contribution in [0, 0.1) is 6.33 Å². The predicted octanol–water partition coefficient (Wildman–Crippen LogP) is 14.3. The van der Waals surface area contributed by atoms with Crippen LogP contribution in [0.2, 0.25) is 0 Å². The Hall–Kier alpha value is -8.02. The summed E-state index contributed by atoms with van der Waals surface area (Å²) in [7, 11) is 0. The van der Waals surface area contributed by atoms with Crippen molar-refractivity contribution in [2.75, 3.05) is 0 Å². The molecular weight excluding hydrogens is 769 g/mol. The van der Waals surface area contributed by atoms with Gasteiger partial charge in [-0.3, -0.25) is 13.7 Å². The highest BCUT2D eigenvalue weighted by molar-refractivity contribution is 6.09. The van der Waals surface area contributed by atoms with Gasteiger partial charge in [0.15, 0.2) is 0 Å². The van der Waals surface area contributed by atoms with E-state index >= 15 is 0 Å². The fourth-order valence-electron chi connectivity index (χ4n) is 8.41. The third kappa shape index (κ3) is 6.84. The highest BCUT2D eigenvalue weighted by atomic mass is 16.5. The third-order valence-corrected chi connectivity index (χ3v) is 11.4. The van der Waals surface area contributed by atoms with E-state index < -0.39 is 36.3 Å². The van der Waals surface area contributed by atoms with Gasteiger partial charge in [0, 0.05) is 23.0 Å². The summed E-state index contributed by atoms with van der Waals surface area (Å²) in [6.07, 6.45) is 5.41. The van der Waals surface area contributed by atoms with Crippen molar-refractivity contribution in [3.05, 3.63) is 224 Å². The SMILES string of the molecule is [2H]c1c([2H])c([2H])c(-c2ccccc2-c2cccc3c2[n+](-c2ccccc2-c2c([2H])c([2H])c([2H])c([2H])c2[2H])[c-]n3-c2cccc(Oc3ccc4c5ccccc5n(-c5cc(C(C)(C)C)ccn5)c4c3)c2)c([2H])c1[2H].